The highest BCUT2D eigenvalue weighted by molar-refractivity contribution is 6.31. The summed E-state index contributed by atoms with van der Waals surface area (Å²) in [6.45, 7) is -0.614. The van der Waals surface area contributed by atoms with Crippen LogP contribution in [0.15, 0.2) is 48.8 Å². The maximum atomic E-state index is 12.1. The average molecular weight is 387 g/mol. The van der Waals surface area contributed by atoms with Crippen molar-refractivity contribution >= 4 is 45.9 Å². The fraction of sp³-hybridized carbons (Fsp3) is 0.0588. The van der Waals surface area contributed by atoms with Gasteiger partial charge in [0.2, 0.25) is 0 Å². The molecule has 0 aliphatic heterocycles. The highest BCUT2D eigenvalue weighted by atomic mass is 35.5. The van der Waals surface area contributed by atoms with Crippen LogP contribution in [-0.4, -0.2) is 33.4 Å². The van der Waals surface area contributed by atoms with Crippen molar-refractivity contribution in [2.45, 2.75) is 0 Å². The van der Waals surface area contributed by atoms with Gasteiger partial charge in [0.25, 0.3) is 11.6 Å². The number of nitrogens with zero attached hydrogens (tertiary/aromatic N) is 3. The Morgan fingerprint density at radius 3 is 2.59 bits per heavy atom. The number of nitro benzene ring substituents is 1. The number of rotatable bonds is 5. The van der Waals surface area contributed by atoms with E-state index >= 15 is 0 Å². The lowest BCUT2D eigenvalue weighted by Gasteiger charge is -2.08. The van der Waals surface area contributed by atoms with E-state index < -0.39 is 23.4 Å². The van der Waals surface area contributed by atoms with E-state index in [1.807, 2.05) is 0 Å². The third kappa shape index (κ3) is 4.33. The monoisotopic (exact) mass is 386 g/mol. The van der Waals surface area contributed by atoms with Crippen LogP contribution in [0.1, 0.15) is 10.4 Å². The first-order valence-corrected chi connectivity index (χ1v) is 7.93. The molecule has 0 fully saturated rings. The molecule has 0 spiro atoms. The molecule has 0 aliphatic carbocycles. The number of nitrogens with one attached hydrogen (secondary N) is 1. The number of ether oxygens (including phenoxy) is 1. The molecule has 27 heavy (non-hydrogen) atoms. The highest BCUT2D eigenvalue weighted by Crippen LogP contribution is 2.27. The van der Waals surface area contributed by atoms with Crippen LogP contribution >= 0.6 is 11.6 Å². The number of amides is 1. The van der Waals surface area contributed by atoms with Crippen molar-refractivity contribution in [3.05, 3.63) is 69.5 Å². The second-order valence-corrected chi connectivity index (χ2v) is 5.74. The van der Waals surface area contributed by atoms with Crippen LogP contribution in [0.2, 0.25) is 5.02 Å². The predicted octanol–water partition coefficient (Wildman–Crippen LogP) is 2.99. The summed E-state index contributed by atoms with van der Waals surface area (Å²) in [4.78, 5) is 42.6. The molecular weight excluding hydrogens is 376 g/mol. The Morgan fingerprint density at radius 1 is 1.11 bits per heavy atom. The second-order valence-electron chi connectivity index (χ2n) is 5.30. The third-order valence-electron chi connectivity index (χ3n) is 3.47. The van der Waals surface area contributed by atoms with E-state index in [1.165, 1.54) is 36.7 Å². The zero-order valence-corrected chi connectivity index (χ0v) is 14.3. The van der Waals surface area contributed by atoms with E-state index in [0.717, 1.165) is 6.07 Å². The summed E-state index contributed by atoms with van der Waals surface area (Å²) >= 11 is 5.71. The van der Waals surface area contributed by atoms with Gasteiger partial charge in [-0.1, -0.05) is 11.6 Å². The standard InChI is InChI=1S/C17H11ClN4O5/c18-11-2-4-13(15(8-11)22(25)26)21-16(23)9-27-17(24)10-1-3-12-14(7-10)20-6-5-19-12/h1-8H,9H2,(H,21,23). The summed E-state index contributed by atoms with van der Waals surface area (Å²) in [5.41, 5.74) is 0.907. The SMILES string of the molecule is O=C(COC(=O)c1ccc2nccnc2c1)Nc1ccc(Cl)cc1[N+](=O)[O-]. The van der Waals surface area contributed by atoms with Crippen LogP contribution in [0, 0.1) is 10.1 Å². The maximum Gasteiger partial charge on any atom is 0.338 e. The van der Waals surface area contributed by atoms with Crippen LogP contribution in [0.25, 0.3) is 11.0 Å². The summed E-state index contributed by atoms with van der Waals surface area (Å²) < 4.78 is 4.94. The van der Waals surface area contributed by atoms with Crippen LogP contribution < -0.4 is 5.32 Å². The normalized spacial score (nSPS) is 10.4. The van der Waals surface area contributed by atoms with Gasteiger partial charge in [-0.25, -0.2) is 4.79 Å². The van der Waals surface area contributed by atoms with Gasteiger partial charge in [0.15, 0.2) is 6.61 Å². The second kappa shape index (κ2) is 7.75. The summed E-state index contributed by atoms with van der Waals surface area (Å²) in [5.74, 6) is -1.46. The van der Waals surface area contributed by atoms with Gasteiger partial charge in [-0.05, 0) is 30.3 Å². The van der Waals surface area contributed by atoms with Crippen LogP contribution in [0.3, 0.4) is 0 Å². The summed E-state index contributed by atoms with van der Waals surface area (Å²) in [5, 5.41) is 13.5. The third-order valence-corrected chi connectivity index (χ3v) is 3.71. The van der Waals surface area contributed by atoms with E-state index in [-0.39, 0.29) is 22.0 Å². The number of hydrogen-bond donors (Lipinski definition) is 1. The molecule has 10 heteroatoms. The highest BCUT2D eigenvalue weighted by Gasteiger charge is 2.18. The molecule has 0 unspecified atom stereocenters. The van der Waals surface area contributed by atoms with E-state index in [4.69, 9.17) is 16.3 Å². The van der Waals surface area contributed by atoms with E-state index in [0.29, 0.717) is 11.0 Å². The molecule has 1 heterocycles. The molecule has 1 amide bonds. The Kier molecular flexibility index (Phi) is 5.23. The molecular formula is C17H11ClN4O5. The molecule has 0 atom stereocenters. The van der Waals surface area contributed by atoms with Crippen molar-refractivity contribution < 1.29 is 19.2 Å². The first-order valence-electron chi connectivity index (χ1n) is 7.56. The molecule has 0 radical (unpaired) electrons. The zero-order valence-electron chi connectivity index (χ0n) is 13.6. The van der Waals surface area contributed by atoms with Crippen molar-refractivity contribution in [1.82, 2.24) is 9.97 Å². The number of aromatic nitrogens is 2. The number of carbonyl (C=O) groups excluding carboxylic acids is 2. The van der Waals surface area contributed by atoms with E-state index in [1.54, 1.807) is 6.07 Å². The van der Waals surface area contributed by atoms with Gasteiger partial charge < -0.3 is 10.1 Å². The molecule has 0 saturated carbocycles. The Labute approximate surface area is 157 Å². The lowest BCUT2D eigenvalue weighted by Crippen LogP contribution is -2.21. The topological polar surface area (TPSA) is 124 Å². The fourth-order valence-electron chi connectivity index (χ4n) is 2.25. The van der Waals surface area contributed by atoms with Crippen molar-refractivity contribution in [3.8, 4) is 0 Å². The zero-order chi connectivity index (χ0) is 19.4. The predicted molar refractivity (Wildman–Crippen MR) is 96.6 cm³/mol. The Balaban J connectivity index is 1.65. The first-order chi connectivity index (χ1) is 12.9. The molecule has 3 aromatic rings. The van der Waals surface area contributed by atoms with Crippen molar-refractivity contribution in [3.63, 3.8) is 0 Å². The molecule has 0 saturated heterocycles. The maximum absolute atomic E-state index is 12.1. The number of anilines is 1. The minimum atomic E-state index is -0.733. The molecule has 0 aliphatic rings. The molecule has 136 valence electrons. The van der Waals surface area contributed by atoms with E-state index in [9.17, 15) is 19.7 Å². The Bertz CT molecular complexity index is 1060. The first kappa shape index (κ1) is 18.2. The van der Waals surface area contributed by atoms with Crippen molar-refractivity contribution in [2.24, 2.45) is 0 Å². The molecule has 3 rings (SSSR count). The summed E-state index contributed by atoms with van der Waals surface area (Å²) in [6.07, 6.45) is 3.02. The molecule has 9 nitrogen and oxygen atoms in total. The van der Waals surface area contributed by atoms with Gasteiger partial charge in [0, 0.05) is 23.5 Å². The summed E-state index contributed by atoms with van der Waals surface area (Å²) in [6, 6.07) is 8.40. The van der Waals surface area contributed by atoms with Gasteiger partial charge in [0.1, 0.15) is 5.69 Å². The van der Waals surface area contributed by atoms with Crippen LogP contribution in [0.4, 0.5) is 11.4 Å². The lowest BCUT2D eigenvalue weighted by atomic mass is 10.2. The minimum Gasteiger partial charge on any atom is -0.452 e. The van der Waals surface area contributed by atoms with Gasteiger partial charge in [-0.3, -0.25) is 24.9 Å². The molecule has 2 aromatic carbocycles. The van der Waals surface area contributed by atoms with Crippen molar-refractivity contribution in [1.29, 1.82) is 0 Å². The van der Waals surface area contributed by atoms with Gasteiger partial charge >= 0.3 is 5.97 Å². The summed E-state index contributed by atoms with van der Waals surface area (Å²) in [7, 11) is 0. The lowest BCUT2D eigenvalue weighted by molar-refractivity contribution is -0.383. The average Bonchev–Trinajstić information content (AvgIpc) is 2.67. The quantitative estimate of drug-likeness (QED) is 0.406. The van der Waals surface area contributed by atoms with Crippen LogP contribution in [-0.2, 0) is 9.53 Å². The Hall–Kier alpha value is -3.59. The number of carbonyl (C=O) groups is 2. The number of fused-ring (bicyclic) bond motifs is 1. The van der Waals surface area contributed by atoms with Gasteiger partial charge in [0.05, 0.1) is 21.5 Å². The number of benzene rings is 2. The number of halogens is 1. The molecule has 1 aromatic heterocycles. The van der Waals surface area contributed by atoms with Gasteiger partial charge in [-0.2, -0.15) is 0 Å². The number of esters is 1. The molecule has 1 N–H and O–H groups in total. The fourth-order valence-corrected chi connectivity index (χ4v) is 2.42. The smallest absolute Gasteiger partial charge is 0.338 e. The van der Waals surface area contributed by atoms with Crippen molar-refractivity contribution in [2.75, 3.05) is 11.9 Å². The Morgan fingerprint density at radius 2 is 1.85 bits per heavy atom. The number of hydrogen-bond acceptors (Lipinski definition) is 7. The van der Waals surface area contributed by atoms with E-state index in [2.05, 4.69) is 15.3 Å². The number of nitro groups is 1. The largest absolute Gasteiger partial charge is 0.452 e. The molecule has 0 bridgehead atoms. The minimum absolute atomic E-state index is 0.0496. The van der Waals surface area contributed by atoms with Gasteiger partial charge in [-0.15, -0.1) is 0 Å². The van der Waals surface area contributed by atoms with Crippen LogP contribution in [0.5, 0.6) is 0 Å².